The van der Waals surface area contributed by atoms with Gasteiger partial charge in [0.2, 0.25) is 0 Å². The molecule has 0 aliphatic heterocycles. The van der Waals surface area contributed by atoms with Gasteiger partial charge < -0.3 is 15.4 Å². The highest BCUT2D eigenvalue weighted by Crippen LogP contribution is 2.19. The first-order chi connectivity index (χ1) is 10.4. The Morgan fingerprint density at radius 3 is 2.64 bits per heavy atom. The highest BCUT2D eigenvalue weighted by atomic mass is 16.6. The monoisotopic (exact) mass is 305 g/mol. The Morgan fingerprint density at radius 2 is 2.00 bits per heavy atom. The molecule has 1 aromatic rings. The molecule has 1 aromatic heterocycles. The van der Waals surface area contributed by atoms with Crippen molar-refractivity contribution in [3.63, 3.8) is 0 Å². The van der Waals surface area contributed by atoms with Crippen LogP contribution in [-0.4, -0.2) is 28.8 Å². The minimum absolute atomic E-state index is 0.118. The Bertz CT molecular complexity index is 471. The highest BCUT2D eigenvalue weighted by Gasteiger charge is 2.28. The number of carbonyl (C=O) groups is 1. The van der Waals surface area contributed by atoms with Gasteiger partial charge in [0.15, 0.2) is 0 Å². The van der Waals surface area contributed by atoms with E-state index < -0.39 is 5.60 Å². The topological polar surface area (TPSA) is 63.2 Å². The Kier molecular flexibility index (Phi) is 5.77. The number of hydrogen-bond donors (Lipinski definition) is 2. The molecule has 1 aliphatic carbocycles. The first-order valence-corrected chi connectivity index (χ1v) is 8.07. The molecular weight excluding hydrogens is 278 g/mol. The lowest BCUT2D eigenvalue weighted by molar-refractivity contribution is 0.0479. The molecule has 0 bridgehead atoms. The molecule has 5 heteroatoms. The molecule has 0 spiro atoms. The van der Waals surface area contributed by atoms with E-state index in [1.165, 1.54) is 6.42 Å². The molecule has 1 aliphatic rings. The summed E-state index contributed by atoms with van der Waals surface area (Å²) >= 11 is 0. The van der Waals surface area contributed by atoms with Gasteiger partial charge in [-0.05, 0) is 45.7 Å². The molecule has 2 atom stereocenters. The lowest BCUT2D eigenvalue weighted by atomic mass is 9.90. The number of nitrogens with zero attached hydrogens (tertiary/aromatic N) is 1. The number of aromatic nitrogens is 1. The van der Waals surface area contributed by atoms with Crippen molar-refractivity contribution in [2.75, 3.05) is 0 Å². The number of amides is 1. The summed E-state index contributed by atoms with van der Waals surface area (Å²) in [4.78, 5) is 16.3. The second-order valence-corrected chi connectivity index (χ2v) is 6.85. The maximum absolute atomic E-state index is 12.0. The van der Waals surface area contributed by atoms with Gasteiger partial charge in [-0.25, -0.2) is 4.79 Å². The zero-order valence-electron chi connectivity index (χ0n) is 13.8. The van der Waals surface area contributed by atoms with Crippen LogP contribution in [-0.2, 0) is 11.3 Å². The van der Waals surface area contributed by atoms with Crippen LogP contribution in [0, 0.1) is 0 Å². The molecule has 1 saturated carbocycles. The van der Waals surface area contributed by atoms with Gasteiger partial charge in [-0.1, -0.05) is 18.9 Å². The summed E-state index contributed by atoms with van der Waals surface area (Å²) in [5, 5.41) is 6.54. The molecule has 2 unspecified atom stereocenters. The van der Waals surface area contributed by atoms with Gasteiger partial charge in [0.1, 0.15) is 5.60 Å². The Morgan fingerprint density at radius 1 is 1.27 bits per heavy atom. The van der Waals surface area contributed by atoms with E-state index in [1.807, 2.05) is 39.0 Å². The summed E-state index contributed by atoms with van der Waals surface area (Å²) < 4.78 is 5.36. The molecule has 5 nitrogen and oxygen atoms in total. The fourth-order valence-corrected chi connectivity index (χ4v) is 2.75. The van der Waals surface area contributed by atoms with E-state index in [1.54, 1.807) is 6.20 Å². The maximum atomic E-state index is 12.0. The average molecular weight is 305 g/mol. The van der Waals surface area contributed by atoms with Crippen LogP contribution < -0.4 is 10.6 Å². The van der Waals surface area contributed by atoms with Gasteiger partial charge in [0, 0.05) is 24.8 Å². The molecule has 1 heterocycles. The number of alkyl carbamates (subject to hydrolysis) is 1. The molecule has 1 fully saturated rings. The number of hydrogen-bond acceptors (Lipinski definition) is 4. The minimum atomic E-state index is -0.463. The van der Waals surface area contributed by atoms with Gasteiger partial charge in [-0.2, -0.15) is 0 Å². The largest absolute Gasteiger partial charge is 0.444 e. The lowest BCUT2D eigenvalue weighted by Crippen LogP contribution is -2.52. The van der Waals surface area contributed by atoms with Crippen LogP contribution in [0.3, 0.4) is 0 Å². The van der Waals surface area contributed by atoms with Crippen molar-refractivity contribution in [2.24, 2.45) is 0 Å². The second kappa shape index (κ2) is 7.58. The number of ether oxygens (including phenoxy) is 1. The number of pyridine rings is 1. The van der Waals surface area contributed by atoms with Gasteiger partial charge in [0.05, 0.1) is 5.69 Å². The van der Waals surface area contributed by atoms with Crippen molar-refractivity contribution in [1.82, 2.24) is 15.6 Å². The third-order valence-electron chi connectivity index (χ3n) is 3.74. The van der Waals surface area contributed by atoms with Crippen molar-refractivity contribution >= 4 is 6.09 Å². The van der Waals surface area contributed by atoms with Gasteiger partial charge in [0.25, 0.3) is 0 Å². The smallest absolute Gasteiger partial charge is 0.407 e. The summed E-state index contributed by atoms with van der Waals surface area (Å²) in [6.07, 6.45) is 5.85. The van der Waals surface area contributed by atoms with Crippen LogP contribution in [0.25, 0.3) is 0 Å². The van der Waals surface area contributed by atoms with Gasteiger partial charge >= 0.3 is 6.09 Å². The summed E-state index contributed by atoms with van der Waals surface area (Å²) in [7, 11) is 0. The average Bonchev–Trinajstić information content (AvgIpc) is 2.45. The van der Waals surface area contributed by atoms with Crippen molar-refractivity contribution < 1.29 is 9.53 Å². The normalized spacial score (nSPS) is 22.1. The van der Waals surface area contributed by atoms with Crippen LogP contribution in [0.4, 0.5) is 4.79 Å². The summed E-state index contributed by atoms with van der Waals surface area (Å²) in [6, 6.07) is 6.29. The molecule has 1 amide bonds. The second-order valence-electron chi connectivity index (χ2n) is 6.85. The van der Waals surface area contributed by atoms with Crippen molar-refractivity contribution in [3.05, 3.63) is 30.1 Å². The third-order valence-corrected chi connectivity index (χ3v) is 3.74. The highest BCUT2D eigenvalue weighted by molar-refractivity contribution is 5.68. The fraction of sp³-hybridized carbons (Fsp3) is 0.647. The molecular formula is C17H27N3O2. The van der Waals surface area contributed by atoms with Crippen LogP contribution in [0.5, 0.6) is 0 Å². The molecule has 22 heavy (non-hydrogen) atoms. The maximum Gasteiger partial charge on any atom is 0.407 e. The molecule has 2 N–H and O–H groups in total. The Labute approximate surface area is 132 Å². The lowest BCUT2D eigenvalue weighted by Gasteiger charge is -2.33. The van der Waals surface area contributed by atoms with Crippen LogP contribution in [0.1, 0.15) is 52.1 Å². The van der Waals surface area contributed by atoms with E-state index in [4.69, 9.17) is 4.74 Å². The summed E-state index contributed by atoms with van der Waals surface area (Å²) in [5.41, 5.74) is 0.555. The predicted molar refractivity (Wildman–Crippen MR) is 86.5 cm³/mol. The first kappa shape index (κ1) is 16.7. The zero-order valence-corrected chi connectivity index (χ0v) is 13.8. The Hall–Kier alpha value is -1.62. The van der Waals surface area contributed by atoms with Crippen LogP contribution >= 0.6 is 0 Å². The van der Waals surface area contributed by atoms with Crippen LogP contribution in [0.15, 0.2) is 24.4 Å². The van der Waals surface area contributed by atoms with Crippen molar-refractivity contribution in [1.29, 1.82) is 0 Å². The standard InChI is InChI=1S/C17H27N3O2/c1-17(2,3)22-16(21)20-15-10-5-4-9-14(15)19-12-13-8-6-7-11-18-13/h6-8,11,14-15,19H,4-5,9-10,12H2,1-3H3,(H,20,21). The van der Waals surface area contributed by atoms with Crippen molar-refractivity contribution in [2.45, 2.75) is 70.7 Å². The van der Waals surface area contributed by atoms with E-state index in [2.05, 4.69) is 15.6 Å². The molecule has 0 saturated heterocycles. The molecule has 0 aromatic carbocycles. The SMILES string of the molecule is CC(C)(C)OC(=O)NC1CCCCC1NCc1ccccn1. The third kappa shape index (κ3) is 5.64. The molecule has 0 radical (unpaired) electrons. The molecule has 122 valence electrons. The number of nitrogens with one attached hydrogen (secondary N) is 2. The van der Waals surface area contributed by atoms with E-state index >= 15 is 0 Å². The van der Waals surface area contributed by atoms with E-state index in [-0.39, 0.29) is 18.2 Å². The molecule has 2 rings (SSSR count). The Balaban J connectivity index is 1.86. The van der Waals surface area contributed by atoms with Gasteiger partial charge in [-0.3, -0.25) is 4.98 Å². The van der Waals surface area contributed by atoms with E-state index in [0.717, 1.165) is 31.5 Å². The quantitative estimate of drug-likeness (QED) is 0.897. The van der Waals surface area contributed by atoms with Gasteiger partial charge in [-0.15, -0.1) is 0 Å². The number of carbonyl (C=O) groups excluding carboxylic acids is 1. The zero-order chi connectivity index (χ0) is 16.0. The summed E-state index contributed by atoms with van der Waals surface area (Å²) in [5.74, 6) is 0. The predicted octanol–water partition coefficient (Wildman–Crippen LogP) is 3.01. The van der Waals surface area contributed by atoms with Crippen LogP contribution in [0.2, 0.25) is 0 Å². The first-order valence-electron chi connectivity index (χ1n) is 8.07. The van der Waals surface area contributed by atoms with E-state index in [0.29, 0.717) is 0 Å². The summed E-state index contributed by atoms with van der Waals surface area (Å²) in [6.45, 7) is 6.36. The van der Waals surface area contributed by atoms with Crippen molar-refractivity contribution in [3.8, 4) is 0 Å². The van der Waals surface area contributed by atoms with E-state index in [9.17, 15) is 4.79 Å². The minimum Gasteiger partial charge on any atom is -0.444 e. The number of rotatable bonds is 4. The fourth-order valence-electron chi connectivity index (χ4n) is 2.75.